The van der Waals surface area contributed by atoms with E-state index in [0.29, 0.717) is 11.4 Å². The zero-order chi connectivity index (χ0) is 16.2. The standard InChI is InChI=1S/C18H18N4O/c1-3-14-8-10-15(11-9-14)17(23)12-22-20-18(19-21-22)16-7-5-4-6-13(16)2/h4-11H,3,12H2,1-2H3. The van der Waals surface area contributed by atoms with E-state index in [1.807, 2.05) is 55.5 Å². The van der Waals surface area contributed by atoms with Gasteiger partial charge in [-0.15, -0.1) is 10.2 Å². The molecule has 0 aliphatic rings. The summed E-state index contributed by atoms with van der Waals surface area (Å²) in [5, 5.41) is 12.4. The molecule has 1 heterocycles. The van der Waals surface area contributed by atoms with Gasteiger partial charge in [0.1, 0.15) is 6.54 Å². The highest BCUT2D eigenvalue weighted by Gasteiger charge is 2.12. The smallest absolute Gasteiger partial charge is 0.205 e. The summed E-state index contributed by atoms with van der Waals surface area (Å²) in [6.45, 7) is 4.17. The molecule has 0 bridgehead atoms. The summed E-state index contributed by atoms with van der Waals surface area (Å²) in [6.07, 6.45) is 0.957. The number of carbonyl (C=O) groups is 1. The van der Waals surface area contributed by atoms with Crippen molar-refractivity contribution in [2.24, 2.45) is 0 Å². The van der Waals surface area contributed by atoms with Gasteiger partial charge in [0.25, 0.3) is 0 Å². The Morgan fingerprint density at radius 1 is 1.09 bits per heavy atom. The lowest BCUT2D eigenvalue weighted by Gasteiger charge is -2.02. The third-order valence-electron chi connectivity index (χ3n) is 3.81. The second kappa shape index (κ2) is 6.52. The van der Waals surface area contributed by atoms with Gasteiger partial charge in [-0.1, -0.05) is 55.5 Å². The van der Waals surface area contributed by atoms with Gasteiger partial charge >= 0.3 is 0 Å². The van der Waals surface area contributed by atoms with Crippen molar-refractivity contribution in [3.63, 3.8) is 0 Å². The number of hydrogen-bond donors (Lipinski definition) is 0. The van der Waals surface area contributed by atoms with Crippen LogP contribution in [-0.4, -0.2) is 26.0 Å². The molecule has 0 N–H and O–H groups in total. The molecule has 0 aliphatic carbocycles. The quantitative estimate of drug-likeness (QED) is 0.680. The number of tetrazole rings is 1. The van der Waals surface area contributed by atoms with E-state index in [2.05, 4.69) is 22.3 Å². The van der Waals surface area contributed by atoms with Crippen LogP contribution in [0.15, 0.2) is 48.5 Å². The Bertz CT molecular complexity index is 821. The number of carbonyl (C=O) groups excluding carboxylic acids is 1. The Balaban J connectivity index is 1.76. The molecule has 0 spiro atoms. The van der Waals surface area contributed by atoms with Crippen molar-refractivity contribution in [1.29, 1.82) is 0 Å². The molecule has 116 valence electrons. The molecule has 0 saturated carbocycles. The maximum atomic E-state index is 12.3. The molecule has 3 aromatic rings. The highest BCUT2D eigenvalue weighted by Crippen LogP contribution is 2.17. The van der Waals surface area contributed by atoms with Crippen LogP contribution in [0, 0.1) is 6.92 Å². The summed E-state index contributed by atoms with van der Waals surface area (Å²) in [5.41, 5.74) is 3.88. The van der Waals surface area contributed by atoms with Crippen LogP contribution in [0.4, 0.5) is 0 Å². The average molecular weight is 306 g/mol. The minimum atomic E-state index is -0.0265. The lowest BCUT2D eigenvalue weighted by molar-refractivity contribution is 0.0961. The summed E-state index contributed by atoms with van der Waals surface area (Å²) in [5.74, 6) is 0.513. The van der Waals surface area contributed by atoms with Gasteiger partial charge in [-0.3, -0.25) is 4.79 Å². The molecule has 0 unspecified atom stereocenters. The van der Waals surface area contributed by atoms with Gasteiger partial charge < -0.3 is 0 Å². The first kappa shape index (κ1) is 15.1. The Morgan fingerprint density at radius 3 is 2.52 bits per heavy atom. The first-order valence-electron chi connectivity index (χ1n) is 7.63. The number of nitrogens with zero attached hydrogens (tertiary/aromatic N) is 4. The molecule has 5 nitrogen and oxygen atoms in total. The minimum absolute atomic E-state index is 0.0265. The molecule has 0 radical (unpaired) electrons. The number of benzene rings is 2. The fraction of sp³-hybridized carbons (Fsp3) is 0.222. The zero-order valence-corrected chi connectivity index (χ0v) is 13.2. The molecule has 0 amide bonds. The molecule has 0 atom stereocenters. The van der Waals surface area contributed by atoms with E-state index < -0.39 is 0 Å². The van der Waals surface area contributed by atoms with E-state index in [0.717, 1.165) is 17.5 Å². The Morgan fingerprint density at radius 2 is 1.83 bits per heavy atom. The number of hydrogen-bond acceptors (Lipinski definition) is 4. The summed E-state index contributed by atoms with van der Waals surface area (Å²) in [7, 11) is 0. The minimum Gasteiger partial charge on any atom is -0.292 e. The monoisotopic (exact) mass is 306 g/mol. The van der Waals surface area contributed by atoms with Crippen molar-refractivity contribution in [3.05, 3.63) is 65.2 Å². The second-order valence-corrected chi connectivity index (χ2v) is 5.43. The molecular weight excluding hydrogens is 288 g/mol. The molecule has 2 aromatic carbocycles. The van der Waals surface area contributed by atoms with Crippen LogP contribution in [0.2, 0.25) is 0 Å². The Kier molecular flexibility index (Phi) is 4.28. The van der Waals surface area contributed by atoms with Gasteiger partial charge in [0, 0.05) is 11.1 Å². The molecule has 3 rings (SSSR count). The number of rotatable bonds is 5. The van der Waals surface area contributed by atoms with Crippen molar-refractivity contribution in [3.8, 4) is 11.4 Å². The van der Waals surface area contributed by atoms with Gasteiger partial charge in [0.05, 0.1) is 0 Å². The first-order chi connectivity index (χ1) is 11.2. The number of ketones is 1. The van der Waals surface area contributed by atoms with Crippen molar-refractivity contribution < 1.29 is 4.79 Å². The van der Waals surface area contributed by atoms with Crippen molar-refractivity contribution in [2.45, 2.75) is 26.8 Å². The Labute approximate surface area is 135 Å². The Hall–Kier alpha value is -2.82. The van der Waals surface area contributed by atoms with E-state index in [1.165, 1.54) is 10.4 Å². The van der Waals surface area contributed by atoms with Crippen molar-refractivity contribution in [1.82, 2.24) is 20.2 Å². The maximum Gasteiger partial charge on any atom is 0.205 e. The van der Waals surface area contributed by atoms with E-state index in [4.69, 9.17) is 0 Å². The molecule has 0 fully saturated rings. The summed E-state index contributed by atoms with van der Waals surface area (Å²) in [4.78, 5) is 13.6. The van der Waals surface area contributed by atoms with Gasteiger partial charge in [-0.2, -0.15) is 4.80 Å². The van der Waals surface area contributed by atoms with Crippen LogP contribution in [0.5, 0.6) is 0 Å². The molecular formula is C18H18N4O. The summed E-state index contributed by atoms with van der Waals surface area (Å²) < 4.78 is 0. The summed E-state index contributed by atoms with van der Waals surface area (Å²) in [6, 6.07) is 15.5. The fourth-order valence-corrected chi connectivity index (χ4v) is 2.39. The maximum absolute atomic E-state index is 12.3. The highest BCUT2D eigenvalue weighted by molar-refractivity contribution is 5.95. The molecule has 5 heteroatoms. The largest absolute Gasteiger partial charge is 0.292 e. The fourth-order valence-electron chi connectivity index (χ4n) is 2.39. The SMILES string of the molecule is CCc1ccc(C(=O)Cn2nnc(-c3ccccc3C)n2)cc1. The van der Waals surface area contributed by atoms with Crippen LogP contribution in [0.25, 0.3) is 11.4 Å². The van der Waals surface area contributed by atoms with E-state index >= 15 is 0 Å². The second-order valence-electron chi connectivity index (χ2n) is 5.43. The lowest BCUT2D eigenvalue weighted by atomic mass is 10.1. The average Bonchev–Trinajstić information content (AvgIpc) is 3.03. The van der Waals surface area contributed by atoms with Crippen molar-refractivity contribution >= 4 is 5.78 Å². The van der Waals surface area contributed by atoms with Crippen molar-refractivity contribution in [2.75, 3.05) is 0 Å². The topological polar surface area (TPSA) is 60.7 Å². The van der Waals surface area contributed by atoms with E-state index in [9.17, 15) is 4.79 Å². The third kappa shape index (κ3) is 3.34. The first-order valence-corrected chi connectivity index (χ1v) is 7.63. The molecule has 0 aliphatic heterocycles. The molecule has 23 heavy (non-hydrogen) atoms. The van der Waals surface area contributed by atoms with Gasteiger partial charge in [-0.05, 0) is 29.7 Å². The molecule has 0 saturated heterocycles. The summed E-state index contributed by atoms with van der Waals surface area (Å²) >= 11 is 0. The van der Waals surface area contributed by atoms with Gasteiger partial charge in [-0.25, -0.2) is 0 Å². The van der Waals surface area contributed by atoms with Crippen LogP contribution in [-0.2, 0) is 13.0 Å². The molecule has 1 aromatic heterocycles. The van der Waals surface area contributed by atoms with Gasteiger partial charge in [0.15, 0.2) is 5.78 Å². The van der Waals surface area contributed by atoms with Crippen LogP contribution < -0.4 is 0 Å². The number of aryl methyl sites for hydroxylation is 2. The zero-order valence-electron chi connectivity index (χ0n) is 13.2. The predicted molar refractivity (Wildman–Crippen MR) is 88.1 cm³/mol. The van der Waals surface area contributed by atoms with Crippen LogP contribution >= 0.6 is 0 Å². The van der Waals surface area contributed by atoms with Crippen LogP contribution in [0.3, 0.4) is 0 Å². The normalized spacial score (nSPS) is 10.7. The number of Topliss-reactive ketones (excluding diaryl/α,β-unsaturated/α-hetero) is 1. The van der Waals surface area contributed by atoms with Crippen LogP contribution in [0.1, 0.15) is 28.4 Å². The van der Waals surface area contributed by atoms with Gasteiger partial charge in [0.2, 0.25) is 5.82 Å². The lowest BCUT2D eigenvalue weighted by Crippen LogP contribution is -2.13. The highest BCUT2D eigenvalue weighted by atomic mass is 16.1. The van der Waals surface area contributed by atoms with E-state index in [-0.39, 0.29) is 12.3 Å². The number of aromatic nitrogens is 4. The predicted octanol–water partition coefficient (Wildman–Crippen LogP) is 3.09. The van der Waals surface area contributed by atoms with E-state index in [1.54, 1.807) is 0 Å². The third-order valence-corrected chi connectivity index (χ3v) is 3.81.